The number of rotatable bonds is 0. The van der Waals surface area contributed by atoms with Crippen molar-refractivity contribution in [1.29, 1.82) is 0 Å². The molecule has 4 heteroatoms. The van der Waals surface area contributed by atoms with Crippen LogP contribution >= 0.6 is 0 Å². The molecule has 0 aromatic heterocycles. The predicted molar refractivity (Wildman–Crippen MR) is 89.1 cm³/mol. The molecule has 1 heterocycles. The number of nitrogens with zero attached hydrogens (tertiary/aromatic N) is 2. The zero-order valence-corrected chi connectivity index (χ0v) is 15.7. The molecule has 1 aromatic rings. The van der Waals surface area contributed by atoms with Crippen LogP contribution in [-0.2, 0) is 19.5 Å². The van der Waals surface area contributed by atoms with Crippen LogP contribution in [0.5, 0.6) is 0 Å². The van der Waals surface area contributed by atoms with Crippen LogP contribution in [0.25, 0.3) is 0 Å². The standard InChI is InChI=1S/C10H12N2.C8H12.ClH.Rh/c1-8-11(2)9-6-4-5-7-10(9)12(8)3;1-2-4-6-8-7-5-3-1;;/h4-7H,1H2,2-3H3;1-2,7-8H,3-6H2;1H;/p-1/b;2-1-,8-7-;;. The van der Waals surface area contributed by atoms with Gasteiger partial charge in [0, 0.05) is 33.6 Å². The van der Waals surface area contributed by atoms with Gasteiger partial charge in [0.05, 0.1) is 11.4 Å². The summed E-state index contributed by atoms with van der Waals surface area (Å²) in [5, 5.41) is 0. The maximum atomic E-state index is 3.98. The largest absolute Gasteiger partial charge is 1.00 e. The smallest absolute Gasteiger partial charge is 0.105 e. The van der Waals surface area contributed by atoms with Gasteiger partial charge in [-0.1, -0.05) is 43.0 Å². The van der Waals surface area contributed by atoms with Gasteiger partial charge in [-0.2, -0.15) is 0 Å². The van der Waals surface area contributed by atoms with Gasteiger partial charge in [0.15, 0.2) is 0 Å². The molecular formula is C18H24ClN2Rh-. The second kappa shape index (κ2) is 10.6. The Morgan fingerprint density at radius 1 is 0.773 bits per heavy atom. The van der Waals surface area contributed by atoms with Gasteiger partial charge >= 0.3 is 0 Å². The van der Waals surface area contributed by atoms with Crippen LogP contribution in [0.2, 0.25) is 0 Å². The molecule has 0 atom stereocenters. The Hall–Kier alpha value is -1.05. The van der Waals surface area contributed by atoms with Crippen molar-refractivity contribution in [2.45, 2.75) is 25.7 Å². The van der Waals surface area contributed by atoms with Crippen molar-refractivity contribution in [3.63, 3.8) is 0 Å². The topological polar surface area (TPSA) is 6.48 Å². The summed E-state index contributed by atoms with van der Waals surface area (Å²) in [4.78, 5) is 4.19. The quantitative estimate of drug-likeness (QED) is 0.478. The zero-order valence-electron chi connectivity index (χ0n) is 13.3. The van der Waals surface area contributed by atoms with E-state index in [0.717, 1.165) is 5.82 Å². The monoisotopic (exact) mass is 406 g/mol. The van der Waals surface area contributed by atoms with Crippen LogP contribution in [0.4, 0.5) is 11.4 Å². The van der Waals surface area contributed by atoms with Crippen LogP contribution in [0.3, 0.4) is 0 Å². The van der Waals surface area contributed by atoms with Gasteiger partial charge in [0.2, 0.25) is 0 Å². The zero-order chi connectivity index (χ0) is 14.4. The molecule has 2 nitrogen and oxygen atoms in total. The summed E-state index contributed by atoms with van der Waals surface area (Å²) in [6.07, 6.45) is 14.0. The molecule has 3 rings (SSSR count). The fourth-order valence-corrected chi connectivity index (χ4v) is 2.39. The third-order valence-corrected chi connectivity index (χ3v) is 3.71. The van der Waals surface area contributed by atoms with Crippen molar-refractivity contribution in [3.05, 3.63) is 61.0 Å². The van der Waals surface area contributed by atoms with Crippen molar-refractivity contribution >= 4 is 11.4 Å². The van der Waals surface area contributed by atoms with Crippen LogP contribution in [0, 0.1) is 0 Å². The number of fused-ring (bicyclic) bond motifs is 1. The van der Waals surface area contributed by atoms with Crippen LogP contribution < -0.4 is 22.2 Å². The van der Waals surface area contributed by atoms with Crippen LogP contribution in [0.15, 0.2) is 61.0 Å². The summed E-state index contributed by atoms with van der Waals surface area (Å²) in [5.41, 5.74) is 2.45. The summed E-state index contributed by atoms with van der Waals surface area (Å²) < 4.78 is 0. The summed E-state index contributed by atoms with van der Waals surface area (Å²) >= 11 is 0. The molecule has 0 saturated heterocycles. The summed E-state index contributed by atoms with van der Waals surface area (Å²) in [6.45, 7) is 3.98. The van der Waals surface area contributed by atoms with Crippen molar-refractivity contribution in [2.75, 3.05) is 23.9 Å². The number of anilines is 2. The normalized spacial score (nSPS) is 18.5. The Bertz CT molecular complexity index is 469. The number of benzene rings is 1. The van der Waals surface area contributed by atoms with Crippen LogP contribution in [0.1, 0.15) is 25.7 Å². The number of halogens is 1. The van der Waals surface area contributed by atoms with Gasteiger partial charge in [-0.15, -0.1) is 0 Å². The van der Waals surface area contributed by atoms with Crippen molar-refractivity contribution < 1.29 is 31.9 Å². The van der Waals surface area contributed by atoms with Crippen molar-refractivity contribution in [2.24, 2.45) is 0 Å². The minimum atomic E-state index is 0. The molecule has 0 bridgehead atoms. The fourth-order valence-electron chi connectivity index (χ4n) is 2.39. The van der Waals surface area contributed by atoms with Crippen molar-refractivity contribution in [3.8, 4) is 0 Å². The number of para-hydroxylation sites is 2. The minimum Gasteiger partial charge on any atom is -1.00 e. The Balaban J connectivity index is 0.000000393. The number of allylic oxidation sites excluding steroid dienone is 4. The molecule has 0 N–H and O–H groups in total. The van der Waals surface area contributed by atoms with E-state index in [0.29, 0.717) is 0 Å². The summed E-state index contributed by atoms with van der Waals surface area (Å²) in [6, 6.07) is 8.29. The van der Waals surface area contributed by atoms with E-state index >= 15 is 0 Å². The van der Waals surface area contributed by atoms with Gasteiger partial charge in [0.25, 0.3) is 0 Å². The third kappa shape index (κ3) is 5.30. The van der Waals surface area contributed by atoms with E-state index in [9.17, 15) is 0 Å². The van der Waals surface area contributed by atoms with Gasteiger partial charge in [-0.25, -0.2) is 0 Å². The Morgan fingerprint density at radius 2 is 1.09 bits per heavy atom. The van der Waals surface area contributed by atoms with E-state index in [1.165, 1.54) is 37.1 Å². The minimum absolute atomic E-state index is 0. The molecule has 2 aliphatic rings. The van der Waals surface area contributed by atoms with Gasteiger partial charge in [-0.05, 0) is 37.8 Å². The fraction of sp³-hybridized carbons (Fsp3) is 0.333. The molecule has 0 spiro atoms. The van der Waals surface area contributed by atoms with E-state index < -0.39 is 0 Å². The number of hydrogen-bond acceptors (Lipinski definition) is 2. The molecular weight excluding hydrogens is 383 g/mol. The first-order valence-corrected chi connectivity index (χ1v) is 7.27. The second-order valence-corrected chi connectivity index (χ2v) is 5.12. The maximum absolute atomic E-state index is 3.98. The summed E-state index contributed by atoms with van der Waals surface area (Å²) in [7, 11) is 4.06. The molecule has 0 saturated carbocycles. The average molecular weight is 407 g/mol. The first-order valence-electron chi connectivity index (χ1n) is 7.27. The first-order chi connectivity index (χ1) is 9.72. The molecule has 1 aliphatic carbocycles. The second-order valence-electron chi connectivity index (χ2n) is 5.12. The third-order valence-electron chi connectivity index (χ3n) is 3.71. The number of hydrogen-bond donors (Lipinski definition) is 0. The molecule has 1 aliphatic heterocycles. The molecule has 0 unspecified atom stereocenters. The molecule has 0 amide bonds. The van der Waals surface area contributed by atoms with E-state index in [4.69, 9.17) is 0 Å². The van der Waals surface area contributed by atoms with Gasteiger partial charge < -0.3 is 22.2 Å². The molecule has 1 aromatic carbocycles. The molecule has 0 fully saturated rings. The van der Waals surface area contributed by atoms with E-state index in [1.807, 2.05) is 26.2 Å². The average Bonchev–Trinajstić information content (AvgIpc) is 2.65. The van der Waals surface area contributed by atoms with E-state index in [-0.39, 0.29) is 31.9 Å². The van der Waals surface area contributed by atoms with Gasteiger partial charge in [0.1, 0.15) is 5.82 Å². The van der Waals surface area contributed by atoms with Crippen molar-refractivity contribution in [1.82, 2.24) is 0 Å². The Morgan fingerprint density at radius 3 is 1.41 bits per heavy atom. The predicted octanol–water partition coefficient (Wildman–Crippen LogP) is 1.72. The van der Waals surface area contributed by atoms with E-state index in [2.05, 4.69) is 52.8 Å². The molecule has 22 heavy (non-hydrogen) atoms. The van der Waals surface area contributed by atoms with E-state index in [1.54, 1.807) is 0 Å². The summed E-state index contributed by atoms with van der Waals surface area (Å²) in [5.74, 6) is 1.02. The Kier molecular flexibility index (Phi) is 10.1. The van der Waals surface area contributed by atoms with Gasteiger partial charge in [-0.3, -0.25) is 0 Å². The first kappa shape index (κ1) is 21.0. The SMILES string of the molecule is C1=C\CC/C=C\CC/1.C=C1N(C)c2ccccc2N1C.[Cl-].[Rh]. The maximum Gasteiger partial charge on any atom is 0.105 e. The Labute approximate surface area is 153 Å². The molecule has 1 radical (unpaired) electrons. The van der Waals surface area contributed by atoms with Crippen LogP contribution in [-0.4, -0.2) is 14.1 Å². The molecule has 123 valence electrons.